The average Bonchev–Trinajstić information content (AvgIpc) is 3.14. The summed E-state index contributed by atoms with van der Waals surface area (Å²) < 4.78 is 5.78. The monoisotopic (exact) mass is 496 g/mol. The van der Waals surface area contributed by atoms with Gasteiger partial charge in [-0.05, 0) is 68.9 Å². The van der Waals surface area contributed by atoms with Gasteiger partial charge >= 0.3 is 5.97 Å². The molecule has 3 saturated carbocycles. The lowest BCUT2D eigenvalue weighted by atomic mass is 9.43. The molecule has 3 fully saturated rings. The predicted molar refractivity (Wildman–Crippen MR) is 137 cm³/mol. The Balaban J connectivity index is 1.40. The van der Waals surface area contributed by atoms with E-state index in [0.717, 1.165) is 17.6 Å². The lowest BCUT2D eigenvalue weighted by Gasteiger charge is -2.66. The lowest BCUT2D eigenvalue weighted by Crippen LogP contribution is -2.75. The van der Waals surface area contributed by atoms with Crippen molar-refractivity contribution in [2.75, 3.05) is 0 Å². The predicted octanol–water partition coefficient (Wildman–Crippen LogP) is 3.77. The molecule has 1 aromatic carbocycles. The van der Waals surface area contributed by atoms with E-state index in [-0.39, 0.29) is 23.4 Å². The number of esters is 1. The van der Waals surface area contributed by atoms with Crippen LogP contribution in [0.1, 0.15) is 71.3 Å². The first-order valence-corrected chi connectivity index (χ1v) is 13.4. The second-order valence-corrected chi connectivity index (χ2v) is 12.2. The summed E-state index contributed by atoms with van der Waals surface area (Å²) in [4.78, 5) is 12.6. The van der Waals surface area contributed by atoms with Crippen LogP contribution in [0.2, 0.25) is 0 Å². The largest absolute Gasteiger partial charge is 0.459 e. The van der Waals surface area contributed by atoms with Gasteiger partial charge in [-0.2, -0.15) is 0 Å². The van der Waals surface area contributed by atoms with Crippen molar-refractivity contribution in [3.63, 3.8) is 0 Å². The van der Waals surface area contributed by atoms with E-state index in [1.807, 2.05) is 50.3 Å². The first kappa shape index (κ1) is 25.7. The number of aliphatic hydroxyl groups is 4. The van der Waals surface area contributed by atoms with Crippen LogP contribution in [0.5, 0.6) is 0 Å². The maximum atomic E-state index is 12.6. The van der Waals surface area contributed by atoms with Crippen LogP contribution in [0, 0.1) is 22.7 Å². The molecular formula is C30H40O6. The Morgan fingerprint density at radius 3 is 2.56 bits per heavy atom. The Kier molecular flexibility index (Phi) is 6.27. The van der Waals surface area contributed by atoms with Crippen LogP contribution in [-0.4, -0.2) is 55.9 Å². The Morgan fingerprint density at radius 2 is 1.83 bits per heavy atom. The molecule has 9 atom stereocenters. The zero-order valence-corrected chi connectivity index (χ0v) is 21.6. The molecular weight excluding hydrogens is 456 g/mol. The fraction of sp³-hybridized carbons (Fsp3) is 0.633. The molecule has 6 heteroatoms. The first-order chi connectivity index (χ1) is 17.0. The fourth-order valence-electron chi connectivity index (χ4n) is 8.46. The van der Waals surface area contributed by atoms with E-state index in [9.17, 15) is 25.2 Å². The van der Waals surface area contributed by atoms with Gasteiger partial charge in [-0.1, -0.05) is 55.8 Å². The van der Waals surface area contributed by atoms with Crippen molar-refractivity contribution < 1.29 is 30.0 Å². The minimum atomic E-state index is -1.52. The van der Waals surface area contributed by atoms with Crippen LogP contribution in [0.25, 0.3) is 6.08 Å². The van der Waals surface area contributed by atoms with Gasteiger partial charge in [-0.15, -0.1) is 0 Å². The van der Waals surface area contributed by atoms with Gasteiger partial charge in [0.05, 0.1) is 12.2 Å². The van der Waals surface area contributed by atoms with Crippen LogP contribution in [0.3, 0.4) is 0 Å². The molecule has 4 aliphatic carbocycles. The summed E-state index contributed by atoms with van der Waals surface area (Å²) in [5, 5.41) is 46.5. The highest BCUT2D eigenvalue weighted by atomic mass is 16.5. The second kappa shape index (κ2) is 8.80. The van der Waals surface area contributed by atoms with Gasteiger partial charge in [0.25, 0.3) is 0 Å². The van der Waals surface area contributed by atoms with Crippen molar-refractivity contribution in [2.45, 2.75) is 95.2 Å². The highest BCUT2D eigenvalue weighted by Gasteiger charge is 2.76. The third kappa shape index (κ3) is 3.56. The van der Waals surface area contributed by atoms with Crippen molar-refractivity contribution in [1.82, 2.24) is 0 Å². The van der Waals surface area contributed by atoms with Gasteiger partial charge in [0.1, 0.15) is 17.3 Å². The number of benzene rings is 1. The van der Waals surface area contributed by atoms with E-state index in [2.05, 4.69) is 6.92 Å². The SMILES string of the molecule is C[C@H](OC(=O)C=Cc1ccccc1)[C@@H]1CC[C@@]2(O)[C@]1(C)[C@@H](O)C[C@@H]1[C@@]3(C)CC[C@H](O)CC3=CC[C@]12O. The van der Waals surface area contributed by atoms with E-state index < -0.39 is 34.8 Å². The summed E-state index contributed by atoms with van der Waals surface area (Å²) in [6, 6.07) is 9.51. The smallest absolute Gasteiger partial charge is 0.331 e. The molecule has 4 aliphatic rings. The molecule has 0 amide bonds. The number of carbonyl (C=O) groups is 1. The quantitative estimate of drug-likeness (QED) is 0.287. The third-order valence-corrected chi connectivity index (χ3v) is 10.6. The molecule has 1 aromatic rings. The van der Waals surface area contributed by atoms with Crippen LogP contribution >= 0.6 is 0 Å². The highest BCUT2D eigenvalue weighted by molar-refractivity contribution is 5.87. The molecule has 0 unspecified atom stereocenters. The van der Waals surface area contributed by atoms with Crippen molar-refractivity contribution in [3.8, 4) is 0 Å². The molecule has 36 heavy (non-hydrogen) atoms. The molecule has 196 valence electrons. The molecule has 0 spiro atoms. The van der Waals surface area contributed by atoms with Crippen LogP contribution in [-0.2, 0) is 9.53 Å². The normalized spacial score (nSPS) is 44.8. The zero-order chi connectivity index (χ0) is 25.9. The van der Waals surface area contributed by atoms with Crippen molar-refractivity contribution >= 4 is 12.0 Å². The zero-order valence-electron chi connectivity index (χ0n) is 21.6. The van der Waals surface area contributed by atoms with E-state index >= 15 is 0 Å². The molecule has 5 rings (SSSR count). The second-order valence-electron chi connectivity index (χ2n) is 12.2. The Labute approximate surface area is 213 Å². The average molecular weight is 497 g/mol. The van der Waals surface area contributed by atoms with Crippen molar-refractivity contribution in [3.05, 3.63) is 53.6 Å². The summed E-state index contributed by atoms with van der Waals surface area (Å²) in [5.41, 5.74) is -2.28. The standard InChI is InChI=1S/C30H40O6/c1-19(36-26(33)10-9-20-7-5-4-6-8-20)23-13-16-30(35)28(23,3)25(32)18-24-27(2)14-12-22(31)17-21(27)11-15-29(24,30)34/h4-11,19,22-25,31-32,34-35H,12-18H2,1-3H3/t19-,22-,23-,24+,25-,27-,28-,29-,30+/m0/s1. The van der Waals surface area contributed by atoms with Crippen molar-refractivity contribution in [1.29, 1.82) is 0 Å². The van der Waals surface area contributed by atoms with Crippen molar-refractivity contribution in [2.24, 2.45) is 22.7 Å². The number of fused-ring (bicyclic) bond motifs is 5. The van der Waals surface area contributed by atoms with E-state index in [1.54, 1.807) is 6.08 Å². The lowest BCUT2D eigenvalue weighted by molar-refractivity contribution is -0.303. The number of hydrogen-bond donors (Lipinski definition) is 4. The number of aliphatic hydroxyl groups excluding tert-OH is 2. The third-order valence-electron chi connectivity index (χ3n) is 10.6. The topological polar surface area (TPSA) is 107 Å². The molecule has 6 nitrogen and oxygen atoms in total. The van der Waals surface area contributed by atoms with Crippen LogP contribution < -0.4 is 0 Å². The van der Waals surface area contributed by atoms with Gasteiger partial charge in [-0.25, -0.2) is 4.79 Å². The number of rotatable bonds is 4. The maximum absolute atomic E-state index is 12.6. The molecule has 0 saturated heterocycles. The van der Waals surface area contributed by atoms with Gasteiger partial charge in [0.15, 0.2) is 0 Å². The Morgan fingerprint density at radius 1 is 1.11 bits per heavy atom. The molecule has 0 heterocycles. The van der Waals surface area contributed by atoms with Gasteiger partial charge in [-0.3, -0.25) is 0 Å². The number of carbonyl (C=O) groups excluding carboxylic acids is 1. The number of hydrogen-bond acceptors (Lipinski definition) is 6. The van der Waals surface area contributed by atoms with Gasteiger partial charge in [0, 0.05) is 23.3 Å². The Hall–Kier alpha value is -1.99. The van der Waals surface area contributed by atoms with Crippen LogP contribution in [0.15, 0.2) is 48.1 Å². The fourth-order valence-corrected chi connectivity index (χ4v) is 8.46. The summed E-state index contributed by atoms with van der Waals surface area (Å²) in [7, 11) is 0. The molecule has 0 radical (unpaired) electrons. The van der Waals surface area contributed by atoms with Crippen LogP contribution in [0.4, 0.5) is 0 Å². The molecule has 0 aromatic heterocycles. The minimum absolute atomic E-state index is 0.300. The molecule has 0 bridgehead atoms. The highest BCUT2D eigenvalue weighted by Crippen LogP contribution is 2.69. The maximum Gasteiger partial charge on any atom is 0.331 e. The Bertz CT molecular complexity index is 1070. The molecule has 0 aliphatic heterocycles. The van der Waals surface area contributed by atoms with Gasteiger partial charge < -0.3 is 25.2 Å². The van der Waals surface area contributed by atoms with E-state index in [1.165, 1.54) is 6.08 Å². The van der Waals surface area contributed by atoms with E-state index in [4.69, 9.17) is 4.74 Å². The summed E-state index contributed by atoms with van der Waals surface area (Å²) in [5.74, 6) is -1.08. The summed E-state index contributed by atoms with van der Waals surface area (Å²) >= 11 is 0. The van der Waals surface area contributed by atoms with E-state index in [0.29, 0.717) is 38.5 Å². The number of ether oxygens (including phenoxy) is 1. The summed E-state index contributed by atoms with van der Waals surface area (Å²) in [6.45, 7) is 5.80. The molecule has 4 N–H and O–H groups in total. The van der Waals surface area contributed by atoms with Gasteiger partial charge in [0.2, 0.25) is 0 Å². The minimum Gasteiger partial charge on any atom is -0.459 e. The summed E-state index contributed by atoms with van der Waals surface area (Å²) in [6.07, 6.45) is 6.87. The first-order valence-electron chi connectivity index (χ1n) is 13.4.